The Hall–Kier alpha value is -4.67. The molecular weight excluding hydrogens is 602 g/mol. The molecule has 4 rings (SSSR count). The molecule has 10 heteroatoms. The highest BCUT2D eigenvalue weighted by atomic mass is 32.2. The zero-order chi connectivity index (χ0) is 32.9. The normalized spacial score (nSPS) is 11.9. The van der Waals surface area contributed by atoms with Crippen LogP contribution in [0.3, 0.4) is 0 Å². The summed E-state index contributed by atoms with van der Waals surface area (Å²) in [6.07, 6.45) is 1.86. The van der Waals surface area contributed by atoms with Crippen LogP contribution in [0, 0.1) is 0 Å². The van der Waals surface area contributed by atoms with Crippen LogP contribution >= 0.6 is 0 Å². The van der Waals surface area contributed by atoms with Crippen molar-refractivity contribution in [2.24, 2.45) is 0 Å². The van der Waals surface area contributed by atoms with Crippen LogP contribution in [0.15, 0.2) is 109 Å². The first-order chi connectivity index (χ1) is 22.2. The molecule has 0 bridgehead atoms. The second-order valence-electron chi connectivity index (χ2n) is 11.0. The van der Waals surface area contributed by atoms with E-state index < -0.39 is 28.5 Å². The van der Waals surface area contributed by atoms with E-state index in [-0.39, 0.29) is 25.4 Å². The Morgan fingerprint density at radius 2 is 1.26 bits per heavy atom. The van der Waals surface area contributed by atoms with Gasteiger partial charge in [-0.15, -0.1) is 0 Å². The first kappa shape index (κ1) is 34.2. The molecule has 0 fully saturated rings. The third kappa shape index (κ3) is 9.92. The molecule has 0 aromatic heterocycles. The van der Waals surface area contributed by atoms with Crippen LogP contribution in [0.2, 0.25) is 0 Å². The van der Waals surface area contributed by atoms with Gasteiger partial charge in [-0.3, -0.25) is 9.59 Å². The summed E-state index contributed by atoms with van der Waals surface area (Å²) in [5, 5.41) is 3.03. The quantitative estimate of drug-likeness (QED) is 0.193. The van der Waals surface area contributed by atoms with Crippen molar-refractivity contribution in [3.05, 3.63) is 131 Å². The van der Waals surface area contributed by atoms with Gasteiger partial charge in [-0.1, -0.05) is 97.1 Å². The number of rotatable bonds is 16. The Kier molecular flexibility index (Phi) is 12.3. The van der Waals surface area contributed by atoms with Crippen LogP contribution in [0.4, 0.5) is 0 Å². The van der Waals surface area contributed by atoms with E-state index in [1.165, 1.54) is 4.90 Å². The molecular formula is C36H41N3O6S. The van der Waals surface area contributed by atoms with Crippen molar-refractivity contribution in [3.8, 4) is 11.5 Å². The molecule has 4 aromatic carbocycles. The molecule has 0 aliphatic carbocycles. The molecule has 0 aliphatic rings. The summed E-state index contributed by atoms with van der Waals surface area (Å²) in [6, 6.07) is 32.7. The third-order valence-electron chi connectivity index (χ3n) is 7.61. The summed E-state index contributed by atoms with van der Waals surface area (Å²) in [5.41, 5.74) is 3.39. The van der Waals surface area contributed by atoms with Crippen molar-refractivity contribution in [3.63, 3.8) is 0 Å². The van der Waals surface area contributed by atoms with Crippen molar-refractivity contribution in [2.75, 3.05) is 33.6 Å². The summed E-state index contributed by atoms with van der Waals surface area (Å²) < 4.78 is 37.6. The molecule has 1 N–H and O–H groups in total. The Morgan fingerprint density at radius 1 is 0.717 bits per heavy atom. The lowest BCUT2D eigenvalue weighted by molar-refractivity contribution is -0.141. The van der Waals surface area contributed by atoms with Gasteiger partial charge in [0.25, 0.3) is 0 Å². The first-order valence-electron chi connectivity index (χ1n) is 15.0. The minimum absolute atomic E-state index is 0.0332. The molecule has 4 aromatic rings. The molecule has 0 aliphatic heterocycles. The average molecular weight is 644 g/mol. The smallest absolute Gasteiger partial charge is 0.243 e. The highest BCUT2D eigenvalue weighted by molar-refractivity contribution is 7.88. The lowest BCUT2D eigenvalue weighted by atomic mass is 10.0. The highest BCUT2D eigenvalue weighted by Crippen LogP contribution is 2.27. The number of carbonyl (C=O) groups excluding carboxylic acids is 2. The first-order valence-corrected chi connectivity index (χ1v) is 16.9. The van der Waals surface area contributed by atoms with Crippen molar-refractivity contribution in [1.82, 2.24) is 14.5 Å². The second kappa shape index (κ2) is 16.6. The van der Waals surface area contributed by atoms with Gasteiger partial charge in [-0.05, 0) is 40.8 Å². The largest absolute Gasteiger partial charge is 0.493 e. The maximum absolute atomic E-state index is 14.2. The van der Waals surface area contributed by atoms with Gasteiger partial charge in [0, 0.05) is 26.1 Å². The van der Waals surface area contributed by atoms with Crippen molar-refractivity contribution < 1.29 is 27.5 Å². The van der Waals surface area contributed by atoms with Gasteiger partial charge in [0.1, 0.15) is 6.04 Å². The lowest BCUT2D eigenvalue weighted by Gasteiger charge is -2.33. The van der Waals surface area contributed by atoms with Crippen LogP contribution in [0.25, 0.3) is 0 Å². The number of amides is 2. The third-order valence-corrected chi connectivity index (χ3v) is 8.81. The van der Waals surface area contributed by atoms with E-state index >= 15 is 0 Å². The van der Waals surface area contributed by atoms with Crippen LogP contribution in [-0.2, 0) is 45.5 Å². The summed E-state index contributed by atoms with van der Waals surface area (Å²) in [7, 11) is -0.615. The van der Waals surface area contributed by atoms with Gasteiger partial charge < -0.3 is 19.7 Å². The fourth-order valence-corrected chi connectivity index (χ4v) is 5.87. The molecule has 1 atom stereocenters. The number of hydrogen-bond donors (Lipinski definition) is 1. The zero-order valence-electron chi connectivity index (χ0n) is 26.5. The van der Waals surface area contributed by atoms with E-state index in [4.69, 9.17) is 9.47 Å². The molecule has 9 nitrogen and oxygen atoms in total. The fourth-order valence-electron chi connectivity index (χ4n) is 5.14. The molecule has 0 heterocycles. The molecule has 242 valence electrons. The maximum atomic E-state index is 14.2. The van der Waals surface area contributed by atoms with Crippen LogP contribution in [0.1, 0.15) is 22.3 Å². The summed E-state index contributed by atoms with van der Waals surface area (Å²) in [6.45, 7) is 0.0654. The predicted molar refractivity (Wildman–Crippen MR) is 179 cm³/mol. The van der Waals surface area contributed by atoms with Gasteiger partial charge in [0.2, 0.25) is 21.8 Å². The minimum Gasteiger partial charge on any atom is -0.493 e. The number of sulfonamides is 1. The zero-order valence-corrected chi connectivity index (χ0v) is 27.3. The van der Waals surface area contributed by atoms with Crippen molar-refractivity contribution in [2.45, 2.75) is 32.0 Å². The van der Waals surface area contributed by atoms with Gasteiger partial charge >= 0.3 is 0 Å². The Balaban J connectivity index is 1.61. The number of benzene rings is 4. The predicted octanol–water partition coefficient (Wildman–Crippen LogP) is 4.46. The standard InChI is InChI=1S/C36H41N3O6S/c1-44-33-20-19-29(24-34(33)45-2)21-22-37-36(41)32(23-28-13-7-4-8-14-28)39(26-31-17-11-6-12-18-31)35(40)27-38(46(3,42)43)25-30-15-9-5-10-16-30/h4-20,24,32H,21-23,25-27H2,1-3H3,(H,37,41)/t32-/m0/s1. The number of hydrogen-bond acceptors (Lipinski definition) is 6. The van der Waals surface area contributed by atoms with E-state index in [0.29, 0.717) is 24.5 Å². The molecule has 0 spiro atoms. The minimum atomic E-state index is -3.76. The molecule has 2 amide bonds. The maximum Gasteiger partial charge on any atom is 0.243 e. The molecule has 0 radical (unpaired) electrons. The summed E-state index contributed by atoms with van der Waals surface area (Å²) in [5.74, 6) is 0.409. The van der Waals surface area contributed by atoms with Gasteiger partial charge in [0.05, 0.1) is 27.0 Å². The SMILES string of the molecule is COc1ccc(CCNC(=O)[C@H](Cc2ccccc2)N(Cc2ccccc2)C(=O)CN(Cc2ccccc2)S(C)(=O)=O)cc1OC. The van der Waals surface area contributed by atoms with Crippen molar-refractivity contribution >= 4 is 21.8 Å². The van der Waals surface area contributed by atoms with Crippen molar-refractivity contribution in [1.29, 1.82) is 0 Å². The van der Waals surface area contributed by atoms with Crippen LogP contribution in [0.5, 0.6) is 11.5 Å². The van der Waals surface area contributed by atoms with E-state index in [1.54, 1.807) is 14.2 Å². The lowest BCUT2D eigenvalue weighted by Crippen LogP contribution is -2.53. The number of methoxy groups -OCH3 is 2. The second-order valence-corrected chi connectivity index (χ2v) is 12.9. The molecule has 0 saturated heterocycles. The fraction of sp³-hybridized carbons (Fsp3) is 0.278. The van der Waals surface area contributed by atoms with E-state index in [2.05, 4.69) is 5.32 Å². The van der Waals surface area contributed by atoms with Gasteiger partial charge in [0.15, 0.2) is 11.5 Å². The summed E-state index contributed by atoms with van der Waals surface area (Å²) in [4.78, 5) is 29.7. The Bertz CT molecular complexity index is 1670. The van der Waals surface area contributed by atoms with E-state index in [9.17, 15) is 18.0 Å². The monoisotopic (exact) mass is 643 g/mol. The molecule has 0 saturated carbocycles. The number of carbonyl (C=O) groups is 2. The van der Waals surface area contributed by atoms with E-state index in [0.717, 1.165) is 32.8 Å². The average Bonchev–Trinajstić information content (AvgIpc) is 3.06. The van der Waals surface area contributed by atoms with Crippen LogP contribution < -0.4 is 14.8 Å². The number of ether oxygens (including phenoxy) is 2. The highest BCUT2D eigenvalue weighted by Gasteiger charge is 2.32. The Labute approximate surface area is 271 Å². The Morgan fingerprint density at radius 3 is 1.80 bits per heavy atom. The topological polar surface area (TPSA) is 105 Å². The van der Waals surface area contributed by atoms with E-state index in [1.807, 2.05) is 109 Å². The summed E-state index contributed by atoms with van der Waals surface area (Å²) >= 11 is 0. The molecule has 46 heavy (non-hydrogen) atoms. The van der Waals surface area contributed by atoms with Gasteiger partial charge in [-0.25, -0.2) is 8.42 Å². The number of nitrogens with one attached hydrogen (secondary N) is 1. The number of nitrogens with zero attached hydrogens (tertiary/aromatic N) is 2. The molecule has 0 unspecified atom stereocenters. The van der Waals surface area contributed by atoms with Crippen LogP contribution in [-0.4, -0.2) is 69.0 Å². The van der Waals surface area contributed by atoms with Gasteiger partial charge in [-0.2, -0.15) is 4.31 Å².